The molecule has 2 N–H and O–H groups in total. The van der Waals surface area contributed by atoms with Gasteiger partial charge in [-0.25, -0.2) is 9.78 Å². The molecular formula is C17H16N2O4. The van der Waals surface area contributed by atoms with E-state index in [1.54, 1.807) is 0 Å². The van der Waals surface area contributed by atoms with Gasteiger partial charge in [0.05, 0.1) is 12.6 Å². The Morgan fingerprint density at radius 3 is 2.96 bits per heavy atom. The summed E-state index contributed by atoms with van der Waals surface area (Å²) in [5, 5.41) is 11.9. The van der Waals surface area contributed by atoms with Crippen molar-refractivity contribution in [2.75, 3.05) is 6.61 Å². The van der Waals surface area contributed by atoms with Crippen molar-refractivity contribution in [3.05, 3.63) is 58.9 Å². The van der Waals surface area contributed by atoms with Gasteiger partial charge in [-0.1, -0.05) is 18.2 Å². The highest BCUT2D eigenvalue weighted by molar-refractivity contribution is 5.96. The Morgan fingerprint density at radius 2 is 2.17 bits per heavy atom. The number of benzene rings is 1. The van der Waals surface area contributed by atoms with Crippen LogP contribution in [0.4, 0.5) is 0 Å². The molecule has 0 bridgehead atoms. The molecule has 0 saturated carbocycles. The van der Waals surface area contributed by atoms with Crippen LogP contribution in [0.2, 0.25) is 0 Å². The molecule has 118 valence electrons. The molecule has 1 aromatic heterocycles. The largest absolute Gasteiger partial charge is 0.493 e. The number of hydrogen-bond donors (Lipinski definition) is 2. The molecule has 2 aromatic rings. The Bertz CT molecular complexity index is 773. The van der Waals surface area contributed by atoms with Crippen LogP contribution >= 0.6 is 0 Å². The molecule has 0 aliphatic carbocycles. The summed E-state index contributed by atoms with van der Waals surface area (Å²) < 4.78 is 5.68. The van der Waals surface area contributed by atoms with Gasteiger partial charge < -0.3 is 15.2 Å². The lowest BCUT2D eigenvalue weighted by atomic mass is 9.97. The number of nitrogens with zero attached hydrogens (tertiary/aromatic N) is 1. The van der Waals surface area contributed by atoms with Crippen LogP contribution in [0.3, 0.4) is 0 Å². The molecule has 6 heteroatoms. The van der Waals surface area contributed by atoms with Gasteiger partial charge in [0.2, 0.25) is 0 Å². The number of pyridine rings is 1. The molecule has 3 rings (SSSR count). The van der Waals surface area contributed by atoms with Crippen LogP contribution < -0.4 is 10.1 Å². The highest BCUT2D eigenvalue weighted by Crippen LogP contribution is 2.34. The molecule has 2 heterocycles. The number of ether oxygens (including phenoxy) is 1. The lowest BCUT2D eigenvalue weighted by Gasteiger charge is -2.27. The van der Waals surface area contributed by atoms with Gasteiger partial charge in [-0.2, -0.15) is 0 Å². The minimum atomic E-state index is -1.16. The maximum atomic E-state index is 12.4. The van der Waals surface area contributed by atoms with Gasteiger partial charge in [0.1, 0.15) is 11.4 Å². The van der Waals surface area contributed by atoms with Crippen LogP contribution in [0.25, 0.3) is 0 Å². The van der Waals surface area contributed by atoms with Crippen molar-refractivity contribution in [1.82, 2.24) is 10.3 Å². The standard InChI is InChI=1S/C17H16N2O4/c1-10-3-2-4-12-13(6-8-23-15(10)12)19-16(20)11-5-7-18-14(9-11)17(21)22/h2-5,7,9,13H,6,8H2,1H3,(H,19,20)(H,21,22)/t13-/m1/s1. The van der Waals surface area contributed by atoms with E-state index in [0.29, 0.717) is 13.0 Å². The molecule has 1 atom stereocenters. The smallest absolute Gasteiger partial charge is 0.354 e. The lowest BCUT2D eigenvalue weighted by molar-refractivity contribution is 0.0690. The van der Waals surface area contributed by atoms with Crippen LogP contribution in [0.15, 0.2) is 36.5 Å². The van der Waals surface area contributed by atoms with Crippen molar-refractivity contribution in [2.24, 2.45) is 0 Å². The normalized spacial score (nSPS) is 16.1. The maximum Gasteiger partial charge on any atom is 0.354 e. The van der Waals surface area contributed by atoms with E-state index in [4.69, 9.17) is 9.84 Å². The van der Waals surface area contributed by atoms with E-state index in [-0.39, 0.29) is 23.2 Å². The number of aromatic carboxylic acids is 1. The van der Waals surface area contributed by atoms with E-state index < -0.39 is 5.97 Å². The van der Waals surface area contributed by atoms with Crippen molar-refractivity contribution in [1.29, 1.82) is 0 Å². The summed E-state index contributed by atoms with van der Waals surface area (Å²) in [5.74, 6) is -0.675. The Labute approximate surface area is 133 Å². The van der Waals surface area contributed by atoms with E-state index in [9.17, 15) is 9.59 Å². The van der Waals surface area contributed by atoms with Crippen molar-refractivity contribution >= 4 is 11.9 Å². The van der Waals surface area contributed by atoms with Crippen LogP contribution in [0.5, 0.6) is 5.75 Å². The average Bonchev–Trinajstić information content (AvgIpc) is 2.56. The van der Waals surface area contributed by atoms with E-state index in [1.165, 1.54) is 18.3 Å². The SMILES string of the molecule is Cc1cccc2c1OCC[C@H]2NC(=O)c1ccnc(C(=O)O)c1. The van der Waals surface area contributed by atoms with E-state index in [2.05, 4.69) is 10.3 Å². The summed E-state index contributed by atoms with van der Waals surface area (Å²) in [6.45, 7) is 2.49. The number of aryl methyl sites for hydroxylation is 1. The predicted molar refractivity (Wildman–Crippen MR) is 82.7 cm³/mol. The topological polar surface area (TPSA) is 88.5 Å². The van der Waals surface area contributed by atoms with Gasteiger partial charge in [-0.05, 0) is 24.6 Å². The molecule has 0 spiro atoms. The van der Waals surface area contributed by atoms with Crippen molar-refractivity contribution in [2.45, 2.75) is 19.4 Å². The molecule has 0 unspecified atom stereocenters. The summed E-state index contributed by atoms with van der Waals surface area (Å²) in [4.78, 5) is 27.1. The third kappa shape index (κ3) is 3.01. The van der Waals surface area contributed by atoms with Crippen molar-refractivity contribution in [3.8, 4) is 5.75 Å². The zero-order valence-electron chi connectivity index (χ0n) is 12.6. The minimum absolute atomic E-state index is 0.152. The zero-order valence-corrected chi connectivity index (χ0v) is 12.6. The number of para-hydroxylation sites is 1. The van der Waals surface area contributed by atoms with Crippen molar-refractivity contribution < 1.29 is 19.4 Å². The second-order valence-electron chi connectivity index (χ2n) is 5.39. The summed E-state index contributed by atoms with van der Waals surface area (Å²) in [5.41, 5.74) is 2.09. The molecule has 1 aliphatic rings. The minimum Gasteiger partial charge on any atom is -0.493 e. The quantitative estimate of drug-likeness (QED) is 0.908. The molecule has 1 aliphatic heterocycles. The van der Waals surface area contributed by atoms with Crippen molar-refractivity contribution in [3.63, 3.8) is 0 Å². The molecule has 1 amide bonds. The Morgan fingerprint density at radius 1 is 1.35 bits per heavy atom. The number of carbonyl (C=O) groups is 2. The number of aromatic nitrogens is 1. The fraction of sp³-hybridized carbons (Fsp3) is 0.235. The highest BCUT2D eigenvalue weighted by atomic mass is 16.5. The molecule has 6 nitrogen and oxygen atoms in total. The number of nitrogens with one attached hydrogen (secondary N) is 1. The van der Waals surface area contributed by atoms with E-state index >= 15 is 0 Å². The van der Waals surface area contributed by atoms with E-state index in [0.717, 1.165) is 16.9 Å². The molecule has 0 fully saturated rings. The Hall–Kier alpha value is -2.89. The predicted octanol–water partition coefficient (Wildman–Crippen LogP) is 2.34. The number of carboxylic acids is 1. The molecule has 0 saturated heterocycles. The lowest BCUT2D eigenvalue weighted by Crippen LogP contribution is -2.32. The van der Waals surface area contributed by atoms with Gasteiger partial charge in [-0.3, -0.25) is 4.79 Å². The first-order chi connectivity index (χ1) is 11.1. The number of carbonyl (C=O) groups excluding carboxylic acids is 1. The first kappa shape index (κ1) is 15.0. The number of hydrogen-bond acceptors (Lipinski definition) is 4. The number of fused-ring (bicyclic) bond motifs is 1. The maximum absolute atomic E-state index is 12.4. The molecule has 1 aromatic carbocycles. The number of amides is 1. The average molecular weight is 312 g/mol. The second kappa shape index (κ2) is 6.08. The van der Waals surface area contributed by atoms with Crippen LogP contribution in [-0.4, -0.2) is 28.6 Å². The Balaban J connectivity index is 1.83. The monoisotopic (exact) mass is 312 g/mol. The fourth-order valence-corrected chi connectivity index (χ4v) is 2.66. The summed E-state index contributed by atoms with van der Waals surface area (Å²) in [7, 11) is 0. The zero-order chi connectivity index (χ0) is 16.4. The molecule has 23 heavy (non-hydrogen) atoms. The first-order valence-electron chi connectivity index (χ1n) is 7.29. The summed E-state index contributed by atoms with van der Waals surface area (Å²) in [6.07, 6.45) is 1.99. The van der Waals surface area contributed by atoms with Gasteiger partial charge in [0, 0.05) is 23.7 Å². The molecular weight excluding hydrogens is 296 g/mol. The van der Waals surface area contributed by atoms with Gasteiger partial charge >= 0.3 is 5.97 Å². The fourth-order valence-electron chi connectivity index (χ4n) is 2.66. The summed E-state index contributed by atoms with van der Waals surface area (Å²) >= 11 is 0. The highest BCUT2D eigenvalue weighted by Gasteiger charge is 2.24. The number of carboxylic acid groups (broad SMARTS) is 1. The first-order valence-corrected chi connectivity index (χ1v) is 7.29. The third-order valence-corrected chi connectivity index (χ3v) is 3.82. The Kier molecular flexibility index (Phi) is 3.97. The van der Waals surface area contributed by atoms with Gasteiger partial charge in [-0.15, -0.1) is 0 Å². The van der Waals surface area contributed by atoms with Crippen LogP contribution in [-0.2, 0) is 0 Å². The second-order valence-corrected chi connectivity index (χ2v) is 5.39. The third-order valence-electron chi connectivity index (χ3n) is 3.82. The molecule has 0 radical (unpaired) electrons. The van der Waals surface area contributed by atoms with Crippen LogP contribution in [0.1, 0.15) is 44.4 Å². The van der Waals surface area contributed by atoms with E-state index in [1.807, 2.05) is 25.1 Å². The van der Waals surface area contributed by atoms with Gasteiger partial charge in [0.25, 0.3) is 5.91 Å². The van der Waals surface area contributed by atoms with Crippen LogP contribution in [0, 0.1) is 6.92 Å². The van der Waals surface area contributed by atoms with Gasteiger partial charge in [0.15, 0.2) is 0 Å². The summed E-state index contributed by atoms with van der Waals surface area (Å²) in [6, 6.07) is 8.43. The number of rotatable bonds is 3.